The van der Waals surface area contributed by atoms with Crippen molar-refractivity contribution >= 4 is 140 Å². The van der Waals surface area contributed by atoms with Gasteiger partial charge in [-0.05, 0) is 98.7 Å². The lowest BCUT2D eigenvalue weighted by Crippen LogP contribution is -2.61. The summed E-state index contributed by atoms with van der Waals surface area (Å²) in [7, 11) is 3.77. The Balaban J connectivity index is 1.18. The molecule has 0 unspecified atom stereocenters. The Bertz CT molecular complexity index is 4910. The van der Waals surface area contributed by atoms with Crippen LogP contribution < -0.4 is 59.3 Å². The Morgan fingerprint density at radius 1 is 0.569 bits per heavy atom. The van der Waals surface area contributed by atoms with Gasteiger partial charge in [-0.2, -0.15) is 0 Å². The first kappa shape index (κ1) is 103. The summed E-state index contributed by atoms with van der Waals surface area (Å²) in [6.07, 6.45) is -0.967. The average Bonchev–Trinajstić information content (AvgIpc) is 1.59. The Kier molecular flexibility index (Phi) is 38.5. The van der Waals surface area contributed by atoms with Crippen molar-refractivity contribution in [2.24, 2.45) is 23.3 Å². The van der Waals surface area contributed by atoms with Gasteiger partial charge < -0.3 is 119 Å². The number of carbonyl (C=O) groups is 18. The number of thioether (sulfide) groups is 1. The van der Waals surface area contributed by atoms with Gasteiger partial charge in [0.05, 0.1) is 37.5 Å². The summed E-state index contributed by atoms with van der Waals surface area (Å²) in [5, 5.41) is 77.0. The van der Waals surface area contributed by atoms with Crippen molar-refractivity contribution in [1.29, 1.82) is 0 Å². The number of nitrogens with zero attached hydrogens (tertiary/aromatic N) is 5. The van der Waals surface area contributed by atoms with E-state index in [9.17, 15) is 78.3 Å². The molecule has 3 aliphatic rings. The number of nitrogens with two attached hydrogens (primary N) is 2. The highest BCUT2D eigenvalue weighted by molar-refractivity contribution is 8.00. The molecule has 3 fully saturated rings. The number of primary amides is 1. The number of Topliss-reactive ketones (excluding diaryl/α,β-unsaturated/α-hetero) is 1. The number of ketones is 1. The van der Waals surface area contributed by atoms with Crippen LogP contribution in [0.2, 0.25) is 0 Å². The number of aromatic hydroxyl groups is 1. The molecule has 15 amide bonds. The summed E-state index contributed by atoms with van der Waals surface area (Å²) < 4.78 is 0. The third-order valence-electron chi connectivity index (χ3n) is 23.5. The molecule has 20 N–H and O–H groups in total. The minimum absolute atomic E-state index is 0.0400. The van der Waals surface area contributed by atoms with E-state index in [0.29, 0.717) is 69.5 Å². The van der Waals surface area contributed by atoms with E-state index in [1.807, 2.05) is 6.92 Å². The van der Waals surface area contributed by atoms with Gasteiger partial charge in [-0.3, -0.25) is 86.3 Å². The maximum Gasteiger partial charge on any atom is 0.305 e. The number of amides is 15. The largest absolute Gasteiger partial charge is 0.508 e. The summed E-state index contributed by atoms with van der Waals surface area (Å²) in [6.45, 7) is 5.23. The number of para-hydroxylation sites is 2. The van der Waals surface area contributed by atoms with Crippen LogP contribution in [0.4, 0.5) is 0 Å². The number of rotatable bonds is 24. The lowest BCUT2D eigenvalue weighted by Gasteiger charge is -2.36. The third kappa shape index (κ3) is 28.2. The molecular formula is C88H122N18O23S. The molecule has 0 spiro atoms. The zero-order valence-corrected chi connectivity index (χ0v) is 75.0. The molecular weight excluding hydrogens is 1710 g/mol. The summed E-state index contributed by atoms with van der Waals surface area (Å²) in [5.74, 6) is -21.6. The number of carboxylic acids is 2. The molecule has 41 nitrogen and oxygen atoms in total. The topological polar surface area (TPSA) is 616 Å². The number of aromatic nitrogens is 2. The van der Waals surface area contributed by atoms with Gasteiger partial charge in [-0.1, -0.05) is 102 Å². The molecule has 15 atom stereocenters. The van der Waals surface area contributed by atoms with Crippen LogP contribution in [-0.2, 0) is 106 Å². The molecule has 0 radical (unpaired) electrons. The van der Waals surface area contributed by atoms with Crippen molar-refractivity contribution in [1.82, 2.24) is 82.3 Å². The molecule has 42 heteroatoms. The number of aromatic amines is 2. The molecule has 3 saturated heterocycles. The van der Waals surface area contributed by atoms with Crippen LogP contribution >= 0.6 is 11.8 Å². The number of unbranched alkanes of at least 4 members (excludes halogenated alkanes) is 2. The number of H-pyrrole nitrogens is 2. The molecule has 0 bridgehead atoms. The number of aliphatic hydroxyl groups is 2. The maximum absolute atomic E-state index is 15.7. The number of benzene rings is 3. The lowest BCUT2D eigenvalue weighted by atomic mass is 9.90. The number of aliphatic carboxylic acids is 2. The van der Waals surface area contributed by atoms with Crippen molar-refractivity contribution < 1.29 is 112 Å². The maximum atomic E-state index is 15.7. The summed E-state index contributed by atoms with van der Waals surface area (Å²) >= 11 is 0.697. The molecule has 2 aromatic heterocycles. The van der Waals surface area contributed by atoms with E-state index >= 15 is 33.6 Å². The number of phenols is 1. The van der Waals surface area contributed by atoms with Gasteiger partial charge >= 0.3 is 11.9 Å². The number of phenolic OH excluding ortho intramolecular Hbond substituents is 1. The van der Waals surface area contributed by atoms with Gasteiger partial charge in [0, 0.05) is 119 Å². The Morgan fingerprint density at radius 3 is 1.72 bits per heavy atom. The standard InChI is InChI=1S/C88H122N18O23S/c1-9-11-22-67-82(123)95-59(29-30-74(113)114)79(120)101-66(78(119)93-42-72(90)111)45-130-46-73(112)94-61(33-49-25-27-53(108)28-26-49)84(125)102(6)48(5)76(117)96-63(38-75(115)116)86(127)105-31-17-24-68(105)83(124)99-64(39-89)80(121)97-60(32-47(3)4)87(128)106-43-54(109)37-70(106)71(110)36-50(34-51-40-91-57-20-15-13-18-55(51)57)77(118)100-65(44-107)81(122)98-62(35-52-41-92-58-21-16-14-19-56(52)58)85(126)104(8)69(23-12-10-2)88(129)103(67)7/h13-16,18-21,25-28,40-41,47-48,50,54,59-70,91-92,107-109H,9-12,17,22-24,29-39,42-46,89H2,1-8H3,(H2,90,111)(H,93,119)(H,94,112)(H,95,123)(H,96,117)(H,97,121)(H,98,122)(H,99,124)(H,100,118)(H,101,120)(H,113,114)(H,115,116)/t48-,50+,54+,59-,60-,61-,62-,63-,64-,65-,66-,67-,68-,69-,70-/m0/s1. The van der Waals surface area contributed by atoms with Crippen LogP contribution in [0, 0.1) is 11.8 Å². The highest BCUT2D eigenvalue weighted by atomic mass is 32.2. The molecule has 0 saturated carbocycles. The van der Waals surface area contributed by atoms with Crippen LogP contribution in [0.5, 0.6) is 5.75 Å². The number of carboxylic acid groups (broad SMARTS) is 2. The smallest absolute Gasteiger partial charge is 0.305 e. The monoisotopic (exact) mass is 1830 g/mol. The van der Waals surface area contributed by atoms with Gasteiger partial charge in [0.15, 0.2) is 5.78 Å². The van der Waals surface area contributed by atoms with Crippen LogP contribution in [0.3, 0.4) is 0 Å². The molecule has 130 heavy (non-hydrogen) atoms. The SMILES string of the molecule is CCCC[C@H]1C(=O)N(C)[C@@H](CCCC)C(=O)N[C@@H](CCC(=O)O)C(=O)N[C@H](C(=O)NCC(N)=O)CSCC(=O)N[C@@H](Cc2ccc(O)cc2)C(=O)N(C)[C@@H](C)C(=O)N[C@@H](CC(=O)O)C(=O)N2CCC[C@H]2C(=O)N[C@@H](CN)C(=O)N[C@@H](CC(C)C)C(=O)N2C[C@H](O)C[C@H]2C(=O)C[C@@H](Cc2c[nH]c3ccccc23)C(=O)N[C@@H](CO)C(=O)N[C@@H](Cc2c[nH]c3ccccc23)C(=O)N1C. The number of hydrogen-bond donors (Lipinski definition) is 18. The summed E-state index contributed by atoms with van der Waals surface area (Å²) in [5.41, 5.74) is 14.2. The Hall–Kier alpha value is -12.6. The molecule has 708 valence electrons. The Labute approximate surface area is 755 Å². The first-order valence-corrected chi connectivity index (χ1v) is 44.7. The molecule has 3 aromatic carbocycles. The molecule has 0 aliphatic carbocycles. The van der Waals surface area contributed by atoms with E-state index in [1.165, 1.54) is 52.3 Å². The highest BCUT2D eigenvalue weighted by Gasteiger charge is 2.47. The zero-order valence-electron chi connectivity index (χ0n) is 74.2. The highest BCUT2D eigenvalue weighted by Crippen LogP contribution is 2.30. The van der Waals surface area contributed by atoms with Crippen LogP contribution in [0.1, 0.15) is 141 Å². The van der Waals surface area contributed by atoms with E-state index in [0.717, 1.165) is 24.5 Å². The second-order valence-electron chi connectivity index (χ2n) is 33.6. The lowest BCUT2D eigenvalue weighted by molar-refractivity contribution is -0.149. The Morgan fingerprint density at radius 2 is 1.12 bits per heavy atom. The molecule has 5 aromatic rings. The number of hydrogen-bond acceptors (Lipinski definition) is 23. The zero-order chi connectivity index (χ0) is 95.5. The summed E-state index contributed by atoms with van der Waals surface area (Å²) in [6, 6.07) is -1.34. The predicted molar refractivity (Wildman–Crippen MR) is 474 cm³/mol. The van der Waals surface area contributed by atoms with E-state index in [2.05, 4.69) is 57.8 Å². The van der Waals surface area contributed by atoms with Crippen molar-refractivity contribution in [3.63, 3.8) is 0 Å². The number of likely N-dealkylation sites (N-methyl/N-ethyl adjacent to an activating group) is 3. The fourth-order valence-corrected chi connectivity index (χ4v) is 17.0. The van der Waals surface area contributed by atoms with Crippen LogP contribution in [-0.4, -0.2) is 316 Å². The molecule has 8 rings (SSSR count). The van der Waals surface area contributed by atoms with Crippen LogP contribution in [0.25, 0.3) is 21.8 Å². The van der Waals surface area contributed by atoms with E-state index in [4.69, 9.17) is 11.5 Å². The number of fused-ring (bicyclic) bond motifs is 4. The van der Waals surface area contributed by atoms with Crippen molar-refractivity contribution in [3.8, 4) is 5.75 Å². The number of nitrogens with one attached hydrogen (secondary N) is 11. The normalized spacial score (nSPS) is 25.4. The predicted octanol–water partition coefficient (Wildman–Crippen LogP) is -1.64. The second kappa shape index (κ2) is 48.7. The molecule has 3 aliphatic heterocycles. The molecule has 5 heterocycles. The first-order valence-electron chi connectivity index (χ1n) is 43.6. The van der Waals surface area contributed by atoms with Gasteiger partial charge in [-0.25, -0.2) is 0 Å². The minimum Gasteiger partial charge on any atom is -0.508 e. The minimum atomic E-state index is -1.91. The van der Waals surface area contributed by atoms with E-state index in [1.54, 1.807) is 81.7 Å². The fraction of sp³-hybridized carbons (Fsp3) is 0.545. The average molecular weight is 1830 g/mol. The van der Waals surface area contributed by atoms with Crippen molar-refractivity contribution in [2.75, 3.05) is 65.4 Å². The van der Waals surface area contributed by atoms with E-state index in [-0.39, 0.29) is 82.4 Å². The van der Waals surface area contributed by atoms with Gasteiger partial charge in [-0.15, -0.1) is 11.8 Å². The summed E-state index contributed by atoms with van der Waals surface area (Å²) in [4.78, 5) is 271. The van der Waals surface area contributed by atoms with Gasteiger partial charge in [0.25, 0.3) is 0 Å². The van der Waals surface area contributed by atoms with E-state index < -0.39 is 260 Å². The first-order chi connectivity index (χ1) is 61.8. The van der Waals surface area contributed by atoms with Gasteiger partial charge in [0.2, 0.25) is 88.6 Å². The number of aliphatic hydroxyl groups excluding tert-OH is 2. The fourth-order valence-electron chi connectivity index (χ4n) is 16.2. The van der Waals surface area contributed by atoms with Gasteiger partial charge in [0.1, 0.15) is 78.3 Å². The van der Waals surface area contributed by atoms with Crippen molar-refractivity contribution in [3.05, 3.63) is 102 Å². The van der Waals surface area contributed by atoms with Crippen LogP contribution in [0.15, 0.2) is 85.2 Å². The second-order valence-corrected chi connectivity index (χ2v) is 34.6. The number of carbonyl (C=O) groups excluding carboxylic acids is 16. The third-order valence-corrected chi connectivity index (χ3v) is 24.5. The quantitative estimate of drug-likeness (QED) is 0.0329. The van der Waals surface area contributed by atoms with Crippen molar-refractivity contribution in [2.45, 2.75) is 228 Å².